The Balaban J connectivity index is 2.13. The molecule has 0 aliphatic rings. The van der Waals surface area contributed by atoms with Crippen molar-refractivity contribution in [1.29, 1.82) is 0 Å². The molecule has 3 aromatic rings. The second-order valence-corrected chi connectivity index (χ2v) is 4.39. The molecule has 0 atom stereocenters. The van der Waals surface area contributed by atoms with Gasteiger partial charge in [-0.25, -0.2) is 4.98 Å². The van der Waals surface area contributed by atoms with Gasteiger partial charge in [-0.3, -0.25) is 0 Å². The molecule has 2 aromatic carbocycles. The molecular formula is C16H15NO. The molecule has 2 heteroatoms. The number of rotatable bonds is 3. The van der Waals surface area contributed by atoms with Crippen molar-refractivity contribution in [3.63, 3.8) is 0 Å². The van der Waals surface area contributed by atoms with Crippen molar-refractivity contribution in [3.05, 3.63) is 54.1 Å². The molecule has 0 saturated heterocycles. The Bertz CT molecular complexity index is 636. The molecule has 1 heterocycles. The summed E-state index contributed by atoms with van der Waals surface area (Å²) in [6, 6.07) is 16.2. The summed E-state index contributed by atoms with van der Waals surface area (Å²) >= 11 is 0. The summed E-state index contributed by atoms with van der Waals surface area (Å²) in [5.41, 5.74) is 4.17. The van der Waals surface area contributed by atoms with Crippen molar-refractivity contribution < 1.29 is 4.42 Å². The van der Waals surface area contributed by atoms with Gasteiger partial charge in [0.05, 0.1) is 0 Å². The van der Waals surface area contributed by atoms with Gasteiger partial charge in [0.1, 0.15) is 5.52 Å². The zero-order chi connectivity index (χ0) is 12.4. The minimum Gasteiger partial charge on any atom is -0.436 e. The fourth-order valence-corrected chi connectivity index (χ4v) is 2.20. The molecule has 1 aromatic heterocycles. The van der Waals surface area contributed by atoms with E-state index in [4.69, 9.17) is 4.42 Å². The molecular weight excluding hydrogens is 222 g/mol. The third-order valence-electron chi connectivity index (χ3n) is 3.06. The molecule has 0 spiro atoms. The summed E-state index contributed by atoms with van der Waals surface area (Å²) in [6.07, 6.45) is 2.17. The van der Waals surface area contributed by atoms with Gasteiger partial charge in [-0.1, -0.05) is 43.7 Å². The fourth-order valence-electron chi connectivity index (χ4n) is 2.20. The Labute approximate surface area is 106 Å². The highest BCUT2D eigenvalue weighted by Gasteiger charge is 2.10. The Morgan fingerprint density at radius 1 is 1.00 bits per heavy atom. The monoisotopic (exact) mass is 237 g/mol. The molecule has 0 aliphatic carbocycles. The van der Waals surface area contributed by atoms with Crippen molar-refractivity contribution in [3.8, 4) is 11.5 Å². The molecule has 0 saturated carbocycles. The van der Waals surface area contributed by atoms with Crippen molar-refractivity contribution in [2.24, 2.45) is 0 Å². The largest absolute Gasteiger partial charge is 0.436 e. The number of benzene rings is 2. The fraction of sp³-hybridized carbons (Fsp3) is 0.188. The number of aromatic nitrogens is 1. The normalized spacial score (nSPS) is 10.9. The molecule has 90 valence electrons. The van der Waals surface area contributed by atoms with Crippen LogP contribution in [-0.2, 0) is 6.42 Å². The average Bonchev–Trinajstić information content (AvgIpc) is 2.83. The van der Waals surface area contributed by atoms with Crippen molar-refractivity contribution >= 4 is 11.1 Å². The zero-order valence-electron chi connectivity index (χ0n) is 10.4. The van der Waals surface area contributed by atoms with E-state index >= 15 is 0 Å². The quantitative estimate of drug-likeness (QED) is 0.672. The first-order valence-corrected chi connectivity index (χ1v) is 6.32. The van der Waals surface area contributed by atoms with E-state index < -0.39 is 0 Å². The molecule has 0 amide bonds. The second kappa shape index (κ2) is 4.65. The lowest BCUT2D eigenvalue weighted by atomic mass is 10.0. The number of fused-ring (bicyclic) bond motifs is 1. The van der Waals surface area contributed by atoms with Gasteiger partial charge in [-0.05, 0) is 30.2 Å². The molecule has 0 radical (unpaired) electrons. The lowest BCUT2D eigenvalue weighted by Gasteiger charge is -2.04. The van der Waals surface area contributed by atoms with E-state index in [1.807, 2.05) is 30.3 Å². The Morgan fingerprint density at radius 2 is 1.78 bits per heavy atom. The first kappa shape index (κ1) is 11.0. The summed E-state index contributed by atoms with van der Waals surface area (Å²) in [4.78, 5) is 4.56. The zero-order valence-corrected chi connectivity index (χ0v) is 10.4. The summed E-state index contributed by atoms with van der Waals surface area (Å²) in [7, 11) is 0. The van der Waals surface area contributed by atoms with Gasteiger partial charge >= 0.3 is 0 Å². The molecule has 0 bridgehead atoms. The van der Waals surface area contributed by atoms with Gasteiger partial charge in [0.15, 0.2) is 5.58 Å². The maximum Gasteiger partial charge on any atom is 0.227 e. The highest BCUT2D eigenvalue weighted by molar-refractivity contribution is 5.76. The number of aryl methyl sites for hydroxylation is 1. The Morgan fingerprint density at radius 3 is 2.61 bits per heavy atom. The SMILES string of the molecule is CCCc1ccccc1-c1nc2ccccc2o1. The minimum atomic E-state index is 0.722. The van der Waals surface area contributed by atoms with E-state index in [0.717, 1.165) is 35.4 Å². The maximum absolute atomic E-state index is 5.83. The summed E-state index contributed by atoms with van der Waals surface area (Å²) in [6.45, 7) is 2.18. The van der Waals surface area contributed by atoms with Crippen LogP contribution in [0.4, 0.5) is 0 Å². The molecule has 0 N–H and O–H groups in total. The van der Waals surface area contributed by atoms with Crippen LogP contribution in [0.2, 0.25) is 0 Å². The van der Waals surface area contributed by atoms with Crippen LogP contribution in [0.25, 0.3) is 22.6 Å². The summed E-state index contributed by atoms with van der Waals surface area (Å²) < 4.78 is 5.83. The molecule has 2 nitrogen and oxygen atoms in total. The van der Waals surface area contributed by atoms with Crippen LogP contribution in [0.3, 0.4) is 0 Å². The van der Waals surface area contributed by atoms with E-state index in [-0.39, 0.29) is 0 Å². The predicted octanol–water partition coefficient (Wildman–Crippen LogP) is 4.45. The van der Waals surface area contributed by atoms with Crippen molar-refractivity contribution in [2.45, 2.75) is 19.8 Å². The molecule has 0 aliphatic heterocycles. The minimum absolute atomic E-state index is 0.722. The lowest BCUT2D eigenvalue weighted by Crippen LogP contribution is -1.88. The number of nitrogens with zero attached hydrogens (tertiary/aromatic N) is 1. The highest BCUT2D eigenvalue weighted by Crippen LogP contribution is 2.27. The van der Waals surface area contributed by atoms with E-state index in [2.05, 4.69) is 30.1 Å². The molecule has 0 fully saturated rings. The maximum atomic E-state index is 5.83. The van der Waals surface area contributed by atoms with Gasteiger partial charge in [0, 0.05) is 5.56 Å². The van der Waals surface area contributed by atoms with Gasteiger partial charge in [0.2, 0.25) is 5.89 Å². The van der Waals surface area contributed by atoms with Gasteiger partial charge in [0.25, 0.3) is 0 Å². The first-order chi connectivity index (χ1) is 8.88. The Hall–Kier alpha value is -2.09. The Kier molecular flexibility index (Phi) is 2.85. The van der Waals surface area contributed by atoms with Gasteiger partial charge < -0.3 is 4.42 Å². The van der Waals surface area contributed by atoms with Crippen LogP contribution in [0.5, 0.6) is 0 Å². The standard InChI is InChI=1S/C16H15NO/c1-2-7-12-8-3-4-9-13(12)16-17-14-10-5-6-11-15(14)18-16/h3-6,8-11H,2,7H2,1H3. The number of para-hydroxylation sites is 2. The van der Waals surface area contributed by atoms with E-state index in [0.29, 0.717) is 0 Å². The van der Waals surface area contributed by atoms with E-state index in [1.165, 1.54) is 5.56 Å². The van der Waals surface area contributed by atoms with E-state index in [1.54, 1.807) is 0 Å². The van der Waals surface area contributed by atoms with Crippen LogP contribution in [-0.4, -0.2) is 4.98 Å². The van der Waals surface area contributed by atoms with Gasteiger partial charge in [-0.15, -0.1) is 0 Å². The third kappa shape index (κ3) is 1.90. The highest BCUT2D eigenvalue weighted by atomic mass is 16.3. The van der Waals surface area contributed by atoms with Crippen molar-refractivity contribution in [2.75, 3.05) is 0 Å². The topological polar surface area (TPSA) is 26.0 Å². The van der Waals surface area contributed by atoms with Crippen LogP contribution >= 0.6 is 0 Å². The summed E-state index contributed by atoms with van der Waals surface area (Å²) in [5, 5.41) is 0. The average molecular weight is 237 g/mol. The van der Waals surface area contributed by atoms with Crippen molar-refractivity contribution in [1.82, 2.24) is 4.98 Å². The number of oxazole rings is 1. The number of hydrogen-bond donors (Lipinski definition) is 0. The first-order valence-electron chi connectivity index (χ1n) is 6.32. The predicted molar refractivity (Wildman–Crippen MR) is 73.4 cm³/mol. The molecule has 0 unspecified atom stereocenters. The van der Waals surface area contributed by atoms with Crippen LogP contribution < -0.4 is 0 Å². The third-order valence-corrected chi connectivity index (χ3v) is 3.06. The summed E-state index contributed by atoms with van der Waals surface area (Å²) in [5.74, 6) is 0.722. The van der Waals surface area contributed by atoms with Gasteiger partial charge in [-0.2, -0.15) is 0 Å². The van der Waals surface area contributed by atoms with Crippen LogP contribution in [0.1, 0.15) is 18.9 Å². The van der Waals surface area contributed by atoms with Crippen LogP contribution in [0.15, 0.2) is 52.9 Å². The molecule has 18 heavy (non-hydrogen) atoms. The smallest absolute Gasteiger partial charge is 0.227 e. The van der Waals surface area contributed by atoms with E-state index in [9.17, 15) is 0 Å². The lowest BCUT2D eigenvalue weighted by molar-refractivity contribution is 0.618. The van der Waals surface area contributed by atoms with Crippen LogP contribution in [0, 0.1) is 0 Å². The second-order valence-electron chi connectivity index (χ2n) is 4.39. The molecule has 3 rings (SSSR count). The number of hydrogen-bond acceptors (Lipinski definition) is 2.